The zero-order valence-corrected chi connectivity index (χ0v) is 16.5. The summed E-state index contributed by atoms with van der Waals surface area (Å²) in [5.41, 5.74) is 0.389. The topological polar surface area (TPSA) is 78.3 Å². The van der Waals surface area contributed by atoms with Crippen molar-refractivity contribution in [2.75, 3.05) is 6.61 Å². The lowest BCUT2D eigenvalue weighted by molar-refractivity contribution is 0.0464. The number of ketones is 1. The summed E-state index contributed by atoms with van der Waals surface area (Å²) in [6.07, 6.45) is 1.28. The fourth-order valence-corrected chi connectivity index (χ4v) is 3.69. The number of ether oxygens (including phenoxy) is 1. The summed E-state index contributed by atoms with van der Waals surface area (Å²) in [5.74, 6) is -1.07. The van der Waals surface area contributed by atoms with Crippen LogP contribution in [-0.4, -0.2) is 27.9 Å². The van der Waals surface area contributed by atoms with Gasteiger partial charge in [0.1, 0.15) is 15.5 Å². The summed E-state index contributed by atoms with van der Waals surface area (Å²) in [5, 5.41) is 0.302. The Balaban J connectivity index is 1.91. The molecule has 0 saturated heterocycles. The predicted octanol–water partition coefficient (Wildman–Crippen LogP) is 3.60. The van der Waals surface area contributed by atoms with Crippen LogP contribution < -0.4 is 5.56 Å². The van der Waals surface area contributed by atoms with E-state index in [1.54, 1.807) is 6.92 Å². The molecule has 0 radical (unpaired) electrons. The van der Waals surface area contributed by atoms with Crippen LogP contribution in [0.15, 0.2) is 35.4 Å². The van der Waals surface area contributed by atoms with Crippen LogP contribution in [0.3, 0.4) is 0 Å². The molecule has 8 heteroatoms. The van der Waals surface area contributed by atoms with Gasteiger partial charge in [0.15, 0.2) is 5.78 Å². The fraction of sp³-hybridized carbons (Fsp3) is 0.300. The van der Waals surface area contributed by atoms with Crippen LogP contribution in [0.5, 0.6) is 0 Å². The number of carbonyl (C=O) groups excluding carboxylic acids is 2. The molecule has 0 spiro atoms. The maximum absolute atomic E-state index is 13.0. The number of carbonyl (C=O) groups is 2. The molecule has 146 valence electrons. The molecular formula is C20H19FN2O4S. The van der Waals surface area contributed by atoms with Crippen molar-refractivity contribution in [1.29, 1.82) is 0 Å². The lowest BCUT2D eigenvalue weighted by atomic mass is 10.1. The van der Waals surface area contributed by atoms with Crippen LogP contribution in [0.4, 0.5) is 4.39 Å². The molecule has 28 heavy (non-hydrogen) atoms. The van der Waals surface area contributed by atoms with Gasteiger partial charge in [-0.05, 0) is 42.7 Å². The van der Waals surface area contributed by atoms with Gasteiger partial charge in [0.2, 0.25) is 0 Å². The maximum Gasteiger partial charge on any atom is 0.348 e. The SMILES string of the molecule is Cc1c(C(=O)OCC(C)C)sc2ncn(CC(=O)c3ccc(F)cc3)c(=O)c12. The van der Waals surface area contributed by atoms with Crippen molar-refractivity contribution < 1.29 is 18.7 Å². The quantitative estimate of drug-likeness (QED) is 0.465. The minimum atomic E-state index is -0.484. The largest absolute Gasteiger partial charge is 0.461 e. The van der Waals surface area contributed by atoms with Gasteiger partial charge in [-0.1, -0.05) is 13.8 Å². The molecule has 1 aromatic carbocycles. The number of fused-ring (bicyclic) bond motifs is 1. The summed E-state index contributed by atoms with van der Waals surface area (Å²) in [7, 11) is 0. The number of hydrogen-bond donors (Lipinski definition) is 0. The van der Waals surface area contributed by atoms with E-state index in [0.29, 0.717) is 26.2 Å². The number of halogens is 1. The van der Waals surface area contributed by atoms with Crippen LogP contribution in [0, 0.1) is 18.7 Å². The van der Waals surface area contributed by atoms with E-state index in [9.17, 15) is 18.8 Å². The zero-order valence-electron chi connectivity index (χ0n) is 15.7. The monoisotopic (exact) mass is 402 g/mol. The molecule has 2 heterocycles. The number of esters is 1. The van der Waals surface area contributed by atoms with Crippen LogP contribution >= 0.6 is 11.3 Å². The molecule has 0 aliphatic carbocycles. The van der Waals surface area contributed by atoms with E-state index < -0.39 is 17.3 Å². The minimum absolute atomic E-state index is 0.200. The van der Waals surface area contributed by atoms with Crippen LogP contribution in [0.1, 0.15) is 39.4 Å². The number of aromatic nitrogens is 2. The van der Waals surface area contributed by atoms with Gasteiger partial charge in [0.05, 0.1) is 24.9 Å². The fourth-order valence-electron chi connectivity index (χ4n) is 2.66. The first-order valence-corrected chi connectivity index (χ1v) is 9.54. The molecule has 0 atom stereocenters. The number of rotatable bonds is 6. The Morgan fingerprint density at radius 3 is 2.57 bits per heavy atom. The van der Waals surface area contributed by atoms with Crippen molar-refractivity contribution in [1.82, 2.24) is 9.55 Å². The standard InChI is InChI=1S/C20H19FN2O4S/c1-11(2)9-27-20(26)17-12(3)16-18(28-17)22-10-23(19(16)25)8-15(24)13-4-6-14(21)7-5-13/h4-7,10-11H,8-9H2,1-3H3. The molecule has 0 unspecified atom stereocenters. The Morgan fingerprint density at radius 2 is 1.93 bits per heavy atom. The summed E-state index contributed by atoms with van der Waals surface area (Å²) < 4.78 is 19.5. The molecule has 0 aliphatic heterocycles. The zero-order chi connectivity index (χ0) is 20.4. The van der Waals surface area contributed by atoms with Gasteiger partial charge in [0.25, 0.3) is 5.56 Å². The van der Waals surface area contributed by atoms with Gasteiger partial charge in [-0.3, -0.25) is 14.2 Å². The van der Waals surface area contributed by atoms with E-state index in [-0.39, 0.29) is 24.9 Å². The second kappa shape index (κ2) is 8.02. The Morgan fingerprint density at radius 1 is 1.25 bits per heavy atom. The Labute approximate surface area is 164 Å². The van der Waals surface area contributed by atoms with Gasteiger partial charge in [-0.25, -0.2) is 14.2 Å². The number of benzene rings is 1. The molecule has 0 aliphatic rings. The van der Waals surface area contributed by atoms with E-state index in [1.807, 2.05) is 13.8 Å². The maximum atomic E-state index is 13.0. The second-order valence-corrected chi connectivity index (χ2v) is 7.84. The van der Waals surface area contributed by atoms with Gasteiger partial charge >= 0.3 is 5.97 Å². The first kappa shape index (κ1) is 19.9. The molecular weight excluding hydrogens is 383 g/mol. The van der Waals surface area contributed by atoms with Gasteiger partial charge in [-0.2, -0.15) is 0 Å². The summed E-state index contributed by atoms with van der Waals surface area (Å²) >= 11 is 1.10. The molecule has 3 rings (SSSR count). The van der Waals surface area contributed by atoms with Gasteiger partial charge < -0.3 is 4.74 Å². The lowest BCUT2D eigenvalue weighted by Crippen LogP contribution is -2.24. The number of thiophene rings is 1. The number of Topliss-reactive ketones (excluding diaryl/α,β-unsaturated/α-hetero) is 1. The number of hydrogen-bond acceptors (Lipinski definition) is 6. The van der Waals surface area contributed by atoms with E-state index >= 15 is 0 Å². The van der Waals surface area contributed by atoms with Crippen molar-refractivity contribution in [3.8, 4) is 0 Å². The molecule has 3 aromatic rings. The Bertz CT molecular complexity index is 1100. The third-order valence-electron chi connectivity index (χ3n) is 4.13. The van der Waals surface area contributed by atoms with Crippen molar-refractivity contribution in [3.05, 3.63) is 62.8 Å². The Kier molecular flexibility index (Phi) is 5.69. The summed E-state index contributed by atoms with van der Waals surface area (Å²) in [6.45, 7) is 5.60. The average molecular weight is 402 g/mol. The summed E-state index contributed by atoms with van der Waals surface area (Å²) in [4.78, 5) is 42.5. The van der Waals surface area contributed by atoms with Crippen LogP contribution in [0.2, 0.25) is 0 Å². The molecule has 0 fully saturated rings. The van der Waals surface area contributed by atoms with E-state index in [1.165, 1.54) is 35.2 Å². The first-order chi connectivity index (χ1) is 13.3. The molecule has 0 saturated carbocycles. The predicted molar refractivity (Wildman–Crippen MR) is 104 cm³/mol. The van der Waals surface area contributed by atoms with E-state index in [4.69, 9.17) is 4.74 Å². The van der Waals surface area contributed by atoms with Crippen LogP contribution in [0.25, 0.3) is 10.2 Å². The van der Waals surface area contributed by atoms with Crippen molar-refractivity contribution in [2.45, 2.75) is 27.3 Å². The van der Waals surface area contributed by atoms with E-state index in [2.05, 4.69) is 4.98 Å². The number of aryl methyl sites for hydroxylation is 1. The highest BCUT2D eigenvalue weighted by molar-refractivity contribution is 7.20. The first-order valence-electron chi connectivity index (χ1n) is 8.72. The van der Waals surface area contributed by atoms with Gasteiger partial charge in [-0.15, -0.1) is 11.3 Å². The number of nitrogens with zero attached hydrogens (tertiary/aromatic N) is 2. The average Bonchev–Trinajstić information content (AvgIpc) is 3.00. The van der Waals surface area contributed by atoms with Crippen LogP contribution in [-0.2, 0) is 11.3 Å². The highest BCUT2D eigenvalue weighted by Crippen LogP contribution is 2.27. The molecule has 6 nitrogen and oxygen atoms in total. The second-order valence-electron chi connectivity index (χ2n) is 6.84. The smallest absolute Gasteiger partial charge is 0.348 e. The van der Waals surface area contributed by atoms with Crippen molar-refractivity contribution in [3.63, 3.8) is 0 Å². The van der Waals surface area contributed by atoms with Crippen molar-refractivity contribution in [2.24, 2.45) is 5.92 Å². The third-order valence-corrected chi connectivity index (χ3v) is 5.31. The highest BCUT2D eigenvalue weighted by Gasteiger charge is 2.21. The Hall–Kier alpha value is -2.87. The minimum Gasteiger partial charge on any atom is -0.461 e. The van der Waals surface area contributed by atoms with Crippen molar-refractivity contribution >= 4 is 33.3 Å². The summed E-state index contributed by atoms with van der Waals surface area (Å²) in [6, 6.07) is 5.12. The molecule has 0 amide bonds. The lowest BCUT2D eigenvalue weighted by Gasteiger charge is -2.06. The normalized spacial score (nSPS) is 11.2. The van der Waals surface area contributed by atoms with Gasteiger partial charge in [0, 0.05) is 5.56 Å². The molecule has 0 bridgehead atoms. The molecule has 0 N–H and O–H groups in total. The third kappa shape index (κ3) is 4.01. The highest BCUT2D eigenvalue weighted by atomic mass is 32.1. The molecule has 2 aromatic heterocycles. The van der Waals surface area contributed by atoms with E-state index in [0.717, 1.165) is 11.3 Å².